The Morgan fingerprint density at radius 1 is 1.25 bits per heavy atom. The lowest BCUT2D eigenvalue weighted by atomic mass is 10.1. The molecule has 2 aliphatic rings. The van der Waals surface area contributed by atoms with Gasteiger partial charge in [-0.05, 0) is 19.8 Å². The molecule has 2 aromatic heterocycles. The number of nitrogens with zero attached hydrogens (tertiary/aromatic N) is 3. The normalized spacial score (nSPS) is 18.4. The zero-order valence-electron chi connectivity index (χ0n) is 17.9. The number of thioether (sulfide) groups is 1. The first kappa shape index (κ1) is 21.8. The zero-order chi connectivity index (χ0) is 22.2. The average Bonchev–Trinajstić information content (AvgIpc) is 3.46. The van der Waals surface area contributed by atoms with E-state index in [1.165, 1.54) is 10.5 Å². The van der Waals surface area contributed by atoms with E-state index in [1.807, 2.05) is 24.6 Å². The van der Waals surface area contributed by atoms with E-state index in [0.717, 1.165) is 49.3 Å². The molecule has 0 saturated carbocycles. The number of aromatic nitrogens is 2. The minimum absolute atomic E-state index is 0.0697. The Hall–Kier alpha value is -2.06. The van der Waals surface area contributed by atoms with E-state index in [1.54, 1.807) is 34.4 Å². The van der Waals surface area contributed by atoms with Gasteiger partial charge in [0, 0.05) is 29.1 Å². The molecule has 0 bridgehead atoms. The second kappa shape index (κ2) is 9.06. The Labute approximate surface area is 204 Å². The van der Waals surface area contributed by atoms with Crippen molar-refractivity contribution in [3.8, 4) is 0 Å². The monoisotopic (exact) mass is 500 g/mol. The summed E-state index contributed by atoms with van der Waals surface area (Å²) in [6.45, 7) is 3.47. The highest BCUT2D eigenvalue weighted by Crippen LogP contribution is 2.48. The smallest absolute Gasteiger partial charge is 0.271 e. The van der Waals surface area contributed by atoms with E-state index in [9.17, 15) is 4.79 Å². The average molecular weight is 501 g/mol. The van der Waals surface area contributed by atoms with E-state index < -0.39 is 0 Å². The molecule has 3 heterocycles. The van der Waals surface area contributed by atoms with Crippen molar-refractivity contribution in [3.63, 3.8) is 0 Å². The number of likely N-dealkylation sites (N-methyl/N-ethyl adjacent to an activating group) is 1. The molecule has 1 fully saturated rings. The van der Waals surface area contributed by atoms with Crippen LogP contribution in [-0.4, -0.2) is 16.5 Å². The van der Waals surface area contributed by atoms with Crippen LogP contribution in [0.5, 0.6) is 0 Å². The summed E-state index contributed by atoms with van der Waals surface area (Å²) in [5.74, 6) is 0. The van der Waals surface area contributed by atoms with Gasteiger partial charge in [-0.3, -0.25) is 9.36 Å². The maximum Gasteiger partial charge on any atom is 0.271 e. The lowest BCUT2D eigenvalue weighted by Crippen LogP contribution is -2.36. The summed E-state index contributed by atoms with van der Waals surface area (Å²) >= 11 is 11.4. The topological polar surface area (TPSA) is 29.1 Å². The summed E-state index contributed by atoms with van der Waals surface area (Å²) in [5.41, 5.74) is 2.38. The van der Waals surface area contributed by atoms with Crippen LogP contribution in [0.4, 0.5) is 0 Å². The highest BCUT2D eigenvalue weighted by Gasteiger charge is 2.31. The molecule has 0 N–H and O–H groups in total. The van der Waals surface area contributed by atoms with Gasteiger partial charge >= 0.3 is 0 Å². The van der Waals surface area contributed by atoms with Crippen LogP contribution >= 0.6 is 46.0 Å². The van der Waals surface area contributed by atoms with Gasteiger partial charge in [0.05, 0.1) is 17.2 Å². The van der Waals surface area contributed by atoms with E-state index in [-0.39, 0.29) is 5.56 Å². The predicted molar refractivity (Wildman–Crippen MR) is 136 cm³/mol. The van der Waals surface area contributed by atoms with Gasteiger partial charge in [0.15, 0.2) is 12.7 Å². The Bertz CT molecular complexity index is 1410. The molecule has 1 aliphatic heterocycles. The van der Waals surface area contributed by atoms with Gasteiger partial charge < -0.3 is 4.90 Å². The van der Waals surface area contributed by atoms with Crippen molar-refractivity contribution in [1.82, 2.24) is 9.47 Å². The number of halogens is 1. The number of rotatable bonds is 4. The Morgan fingerprint density at radius 3 is 2.81 bits per heavy atom. The summed E-state index contributed by atoms with van der Waals surface area (Å²) in [6.07, 6.45) is 8.29. The molecule has 32 heavy (non-hydrogen) atoms. The van der Waals surface area contributed by atoms with Crippen molar-refractivity contribution in [2.45, 2.75) is 32.9 Å². The van der Waals surface area contributed by atoms with Crippen molar-refractivity contribution in [1.29, 1.82) is 0 Å². The molecule has 8 heteroatoms. The molecule has 0 spiro atoms. The molecule has 164 valence electrons. The second-order valence-corrected chi connectivity index (χ2v) is 11.1. The summed E-state index contributed by atoms with van der Waals surface area (Å²) in [4.78, 5) is 16.6. The minimum atomic E-state index is 0.0697. The Morgan fingerprint density at radius 2 is 2.06 bits per heavy atom. The third-order valence-corrected chi connectivity index (χ3v) is 9.33. The summed E-state index contributed by atoms with van der Waals surface area (Å²) < 4.78 is 5.86. The fraction of sp³-hybridized carbons (Fsp3) is 0.250. The fourth-order valence-corrected chi connectivity index (χ4v) is 7.81. The highest BCUT2D eigenvalue weighted by atomic mass is 35.5. The molecule has 4 nitrogen and oxygen atoms in total. The van der Waals surface area contributed by atoms with Crippen LogP contribution < -0.4 is 19.3 Å². The molecular formula is C24H23ClN3OS3+. The number of fused-ring (bicyclic) bond motifs is 1. The largest absolute Gasteiger partial charge is 0.336 e. The van der Waals surface area contributed by atoms with Gasteiger partial charge in [-0.1, -0.05) is 71.1 Å². The number of allylic oxidation sites excluding steroid dienone is 2. The maximum absolute atomic E-state index is 13.4. The van der Waals surface area contributed by atoms with E-state index in [4.69, 9.17) is 11.6 Å². The first-order valence-electron chi connectivity index (χ1n) is 10.5. The van der Waals surface area contributed by atoms with E-state index in [2.05, 4.69) is 57.5 Å². The van der Waals surface area contributed by atoms with Gasteiger partial charge in [-0.25, -0.2) is 0 Å². The van der Waals surface area contributed by atoms with Gasteiger partial charge in [0.25, 0.3) is 10.6 Å². The van der Waals surface area contributed by atoms with Gasteiger partial charge in [-0.2, -0.15) is 4.57 Å². The first-order chi connectivity index (χ1) is 15.6. The van der Waals surface area contributed by atoms with E-state index >= 15 is 0 Å². The quantitative estimate of drug-likeness (QED) is 0.506. The third kappa shape index (κ3) is 3.92. The van der Waals surface area contributed by atoms with Crippen molar-refractivity contribution >= 4 is 57.1 Å². The van der Waals surface area contributed by atoms with Crippen LogP contribution in [-0.2, 0) is 13.1 Å². The van der Waals surface area contributed by atoms with Crippen molar-refractivity contribution in [3.05, 3.63) is 93.7 Å². The van der Waals surface area contributed by atoms with Crippen LogP contribution in [0.15, 0.2) is 68.4 Å². The summed E-state index contributed by atoms with van der Waals surface area (Å²) in [6, 6.07) is 10.4. The van der Waals surface area contributed by atoms with Crippen LogP contribution in [0, 0.1) is 0 Å². The maximum atomic E-state index is 13.4. The van der Waals surface area contributed by atoms with Gasteiger partial charge in [0.2, 0.25) is 0 Å². The van der Waals surface area contributed by atoms with E-state index in [0.29, 0.717) is 6.54 Å². The molecule has 0 amide bonds. The Balaban J connectivity index is 1.62. The summed E-state index contributed by atoms with van der Waals surface area (Å²) in [7, 11) is 2.01. The van der Waals surface area contributed by atoms with Crippen LogP contribution in [0.25, 0.3) is 11.1 Å². The molecule has 1 aromatic carbocycles. The molecule has 0 atom stereocenters. The highest BCUT2D eigenvalue weighted by molar-refractivity contribution is 8.12. The fourth-order valence-electron chi connectivity index (χ4n) is 4.00. The number of benzene rings is 1. The molecule has 1 aliphatic carbocycles. The molecule has 5 rings (SSSR count). The minimum Gasteiger partial charge on any atom is -0.336 e. The molecule has 1 saturated heterocycles. The van der Waals surface area contributed by atoms with Crippen LogP contribution in [0.1, 0.15) is 30.3 Å². The predicted octanol–water partition coefficient (Wildman–Crippen LogP) is 4.03. The molecule has 0 unspecified atom stereocenters. The number of hydrogen-bond donors (Lipinski definition) is 0. The van der Waals surface area contributed by atoms with Crippen molar-refractivity contribution in [2.24, 2.45) is 0 Å². The molecular weight excluding hydrogens is 478 g/mol. The lowest BCUT2D eigenvalue weighted by molar-refractivity contribution is -0.685. The van der Waals surface area contributed by atoms with Crippen LogP contribution in [0.3, 0.4) is 0 Å². The Kier molecular flexibility index (Phi) is 6.16. The lowest BCUT2D eigenvalue weighted by Gasteiger charge is -2.17. The number of thiazole rings is 2. The standard InChI is InChI=1S/C24H23ClN3OS3/c1-3-28-20(14-19-27(12-13-30-19)15-16-8-5-4-6-9-16)32-22(23(28)29)24-26(2)21-17(25)10-7-11-18(21)31-24/h4-6,8-9,11-14H,3,7,10,15H2,1-2H3/q+1/b24-22+. The number of hydrogen-bond acceptors (Lipinski definition) is 5. The van der Waals surface area contributed by atoms with Gasteiger partial charge in [-0.15, -0.1) is 11.3 Å². The van der Waals surface area contributed by atoms with Gasteiger partial charge in [0.1, 0.15) is 14.2 Å². The first-order valence-corrected chi connectivity index (χ1v) is 13.4. The SMILES string of the molecule is CCn1c(=O)/c(=C2\SC3=CCCC(Cl)=C3N2C)s/c1=C\c1scc[n+]1Cc1ccccc1. The zero-order valence-corrected chi connectivity index (χ0v) is 21.1. The second-order valence-electron chi connectivity index (χ2n) is 7.64. The van der Waals surface area contributed by atoms with Crippen molar-refractivity contribution in [2.75, 3.05) is 7.05 Å². The third-order valence-electron chi connectivity index (χ3n) is 5.61. The molecule has 0 radical (unpaired) electrons. The molecule has 3 aromatic rings. The van der Waals surface area contributed by atoms with Crippen molar-refractivity contribution < 1.29 is 4.57 Å². The summed E-state index contributed by atoms with van der Waals surface area (Å²) in [5, 5.41) is 5.08. The van der Waals surface area contributed by atoms with Crippen LogP contribution in [0.2, 0.25) is 0 Å².